The quantitative estimate of drug-likeness (QED) is 0.395. The number of hydrogen-bond acceptors (Lipinski definition) is 4. The zero-order chi connectivity index (χ0) is 25.9. The van der Waals surface area contributed by atoms with Crippen molar-refractivity contribution in [3.05, 3.63) is 87.9 Å². The third kappa shape index (κ3) is 5.91. The zero-order valence-corrected chi connectivity index (χ0v) is 19.5. The molecule has 1 amide bonds. The Kier molecular flexibility index (Phi) is 7.40. The van der Waals surface area contributed by atoms with Gasteiger partial charge in [0, 0.05) is 23.7 Å². The number of aliphatic carboxylic acids is 1. The summed E-state index contributed by atoms with van der Waals surface area (Å²) < 4.78 is 49.9. The fourth-order valence-corrected chi connectivity index (χ4v) is 4.06. The molecule has 1 aliphatic rings. The topological polar surface area (TPSA) is 84.9 Å². The fourth-order valence-electron chi connectivity index (χ4n) is 3.85. The van der Waals surface area contributed by atoms with Crippen LogP contribution in [0.2, 0.25) is 5.02 Å². The molecule has 0 aromatic heterocycles. The van der Waals surface area contributed by atoms with Gasteiger partial charge in [-0.3, -0.25) is 9.59 Å². The van der Waals surface area contributed by atoms with Gasteiger partial charge < -0.3 is 19.9 Å². The number of alkyl halides is 3. The van der Waals surface area contributed by atoms with Crippen LogP contribution in [0.5, 0.6) is 17.2 Å². The van der Waals surface area contributed by atoms with Crippen molar-refractivity contribution in [2.45, 2.75) is 24.9 Å². The highest BCUT2D eigenvalue weighted by Gasteiger charge is 2.30. The maximum absolute atomic E-state index is 12.8. The van der Waals surface area contributed by atoms with E-state index >= 15 is 0 Å². The largest absolute Gasteiger partial charge is 0.493 e. The van der Waals surface area contributed by atoms with Crippen LogP contribution in [-0.4, -0.2) is 30.1 Å². The van der Waals surface area contributed by atoms with E-state index in [9.17, 15) is 27.9 Å². The van der Waals surface area contributed by atoms with Crippen molar-refractivity contribution in [2.75, 3.05) is 13.2 Å². The molecule has 0 radical (unpaired) electrons. The molecule has 3 aromatic rings. The Labute approximate surface area is 209 Å². The summed E-state index contributed by atoms with van der Waals surface area (Å²) >= 11 is 6.31. The van der Waals surface area contributed by atoms with Crippen molar-refractivity contribution in [3.63, 3.8) is 0 Å². The van der Waals surface area contributed by atoms with E-state index in [1.165, 1.54) is 24.3 Å². The molecule has 0 spiro atoms. The number of amides is 1. The van der Waals surface area contributed by atoms with E-state index in [1.54, 1.807) is 24.3 Å². The number of carboxylic acids is 1. The van der Waals surface area contributed by atoms with E-state index < -0.39 is 23.6 Å². The molecule has 0 saturated carbocycles. The van der Waals surface area contributed by atoms with E-state index in [0.717, 1.165) is 12.1 Å². The normalized spacial score (nSPS) is 14.9. The minimum absolute atomic E-state index is 0.167. The van der Waals surface area contributed by atoms with Crippen LogP contribution >= 0.6 is 11.6 Å². The fraction of sp³-hybridized carbons (Fsp3) is 0.231. The minimum Gasteiger partial charge on any atom is -0.493 e. The van der Waals surface area contributed by atoms with Gasteiger partial charge in [0.15, 0.2) is 0 Å². The van der Waals surface area contributed by atoms with Crippen LogP contribution in [0.1, 0.15) is 39.4 Å². The van der Waals surface area contributed by atoms with Crippen molar-refractivity contribution >= 4 is 23.5 Å². The Hall–Kier alpha value is -3.72. The molecule has 36 heavy (non-hydrogen) atoms. The lowest BCUT2D eigenvalue weighted by Gasteiger charge is -2.24. The van der Waals surface area contributed by atoms with Gasteiger partial charge in [-0.25, -0.2) is 0 Å². The standard InChI is InChI=1S/C26H21ClF3NO5/c27-21-13-20-19(25(33)34)9-11-35-22(20)14-23(21)36-18-6-4-16(5-7-18)24(32)31-10-8-15-2-1-3-17(12-15)26(28,29)30/h1-7,12-14,19H,8-11H2,(H,31,32)(H,33,34). The predicted octanol–water partition coefficient (Wildman–Crippen LogP) is 6.07. The monoisotopic (exact) mass is 519 g/mol. The zero-order valence-electron chi connectivity index (χ0n) is 18.8. The first-order valence-corrected chi connectivity index (χ1v) is 11.4. The Balaban J connectivity index is 1.36. The molecule has 2 N–H and O–H groups in total. The number of hydrogen-bond donors (Lipinski definition) is 2. The van der Waals surface area contributed by atoms with E-state index in [-0.39, 0.29) is 36.3 Å². The molecule has 1 aliphatic heterocycles. The Morgan fingerprint density at radius 1 is 1.11 bits per heavy atom. The summed E-state index contributed by atoms with van der Waals surface area (Å²) in [5, 5.41) is 12.3. The van der Waals surface area contributed by atoms with Crippen LogP contribution in [0.15, 0.2) is 60.7 Å². The highest BCUT2D eigenvalue weighted by atomic mass is 35.5. The van der Waals surface area contributed by atoms with E-state index in [0.29, 0.717) is 34.6 Å². The third-order valence-corrected chi connectivity index (χ3v) is 6.00. The van der Waals surface area contributed by atoms with Gasteiger partial charge in [-0.05, 0) is 54.8 Å². The smallest absolute Gasteiger partial charge is 0.416 e. The molecular formula is C26H21ClF3NO5. The second kappa shape index (κ2) is 10.5. The van der Waals surface area contributed by atoms with E-state index in [4.69, 9.17) is 21.1 Å². The number of rotatable bonds is 7. The second-order valence-corrected chi connectivity index (χ2v) is 8.59. The van der Waals surface area contributed by atoms with Crippen LogP contribution in [-0.2, 0) is 17.4 Å². The van der Waals surface area contributed by atoms with Crippen molar-refractivity contribution < 1.29 is 37.3 Å². The first kappa shape index (κ1) is 25.4. The summed E-state index contributed by atoms with van der Waals surface area (Å²) in [6.45, 7) is 0.434. The molecule has 188 valence electrons. The summed E-state index contributed by atoms with van der Waals surface area (Å²) in [7, 11) is 0. The number of fused-ring (bicyclic) bond motifs is 1. The molecule has 0 bridgehead atoms. The summed E-state index contributed by atoms with van der Waals surface area (Å²) in [6.07, 6.45) is -3.82. The van der Waals surface area contributed by atoms with Crippen LogP contribution < -0.4 is 14.8 Å². The first-order valence-electron chi connectivity index (χ1n) is 11.0. The van der Waals surface area contributed by atoms with Gasteiger partial charge in [-0.15, -0.1) is 0 Å². The molecular weight excluding hydrogens is 499 g/mol. The highest BCUT2D eigenvalue weighted by molar-refractivity contribution is 6.32. The van der Waals surface area contributed by atoms with E-state index in [1.807, 2.05) is 0 Å². The van der Waals surface area contributed by atoms with Crippen molar-refractivity contribution in [1.82, 2.24) is 5.32 Å². The van der Waals surface area contributed by atoms with Crippen LogP contribution in [0.4, 0.5) is 13.2 Å². The number of carbonyl (C=O) groups is 2. The molecule has 1 atom stereocenters. The number of ether oxygens (including phenoxy) is 2. The molecule has 0 saturated heterocycles. The Morgan fingerprint density at radius 3 is 2.56 bits per heavy atom. The second-order valence-electron chi connectivity index (χ2n) is 8.18. The predicted molar refractivity (Wildman–Crippen MR) is 126 cm³/mol. The third-order valence-electron chi connectivity index (χ3n) is 5.70. The average Bonchev–Trinajstić information content (AvgIpc) is 2.84. The van der Waals surface area contributed by atoms with Gasteiger partial charge in [-0.1, -0.05) is 29.8 Å². The number of carboxylic acid groups (broad SMARTS) is 1. The maximum atomic E-state index is 12.8. The SMILES string of the molecule is O=C(NCCc1cccc(C(F)(F)F)c1)c1ccc(Oc2cc3c(cc2Cl)C(C(=O)O)CCO3)cc1. The minimum atomic E-state index is -4.42. The van der Waals surface area contributed by atoms with Crippen LogP contribution in [0.3, 0.4) is 0 Å². The van der Waals surface area contributed by atoms with Crippen molar-refractivity contribution in [2.24, 2.45) is 0 Å². The molecule has 3 aromatic carbocycles. The summed E-state index contributed by atoms with van der Waals surface area (Å²) in [5.41, 5.74) is 0.572. The molecule has 6 nitrogen and oxygen atoms in total. The first-order chi connectivity index (χ1) is 17.1. The lowest BCUT2D eigenvalue weighted by atomic mass is 9.93. The number of carbonyl (C=O) groups excluding carboxylic acids is 1. The number of benzene rings is 3. The van der Waals surface area contributed by atoms with Crippen molar-refractivity contribution in [1.29, 1.82) is 0 Å². The Morgan fingerprint density at radius 2 is 1.86 bits per heavy atom. The molecule has 1 unspecified atom stereocenters. The summed E-state index contributed by atoms with van der Waals surface area (Å²) in [4.78, 5) is 23.9. The molecule has 1 heterocycles. The van der Waals surface area contributed by atoms with Gasteiger partial charge in [0.1, 0.15) is 17.2 Å². The van der Waals surface area contributed by atoms with Crippen LogP contribution in [0, 0.1) is 0 Å². The molecule has 0 aliphatic carbocycles. The van der Waals surface area contributed by atoms with Gasteiger partial charge in [0.05, 0.1) is 23.1 Å². The van der Waals surface area contributed by atoms with Gasteiger partial charge in [-0.2, -0.15) is 13.2 Å². The van der Waals surface area contributed by atoms with Gasteiger partial charge in [0.2, 0.25) is 0 Å². The average molecular weight is 520 g/mol. The maximum Gasteiger partial charge on any atom is 0.416 e. The van der Waals surface area contributed by atoms with Crippen molar-refractivity contribution in [3.8, 4) is 17.2 Å². The molecule has 4 rings (SSSR count). The Bertz CT molecular complexity index is 1280. The van der Waals surface area contributed by atoms with Crippen LogP contribution in [0.25, 0.3) is 0 Å². The summed E-state index contributed by atoms with van der Waals surface area (Å²) in [5.74, 6) is -0.972. The number of halogens is 4. The molecule has 0 fully saturated rings. The molecule has 10 heteroatoms. The lowest BCUT2D eigenvalue weighted by molar-refractivity contribution is -0.139. The van der Waals surface area contributed by atoms with Gasteiger partial charge in [0.25, 0.3) is 5.91 Å². The lowest BCUT2D eigenvalue weighted by Crippen LogP contribution is -2.25. The summed E-state index contributed by atoms with van der Waals surface area (Å²) in [6, 6.07) is 14.3. The number of nitrogens with one attached hydrogen (secondary N) is 1. The highest BCUT2D eigenvalue weighted by Crippen LogP contribution is 2.41. The van der Waals surface area contributed by atoms with E-state index in [2.05, 4.69) is 5.32 Å². The van der Waals surface area contributed by atoms with Gasteiger partial charge >= 0.3 is 12.1 Å².